The third-order valence-corrected chi connectivity index (χ3v) is 8.37. The quantitative estimate of drug-likeness (QED) is 0.475. The Hall–Kier alpha value is -2.23. The lowest BCUT2D eigenvalue weighted by molar-refractivity contribution is -0.301. The molecular weight excluding hydrogens is 542 g/mol. The molecule has 1 saturated heterocycles. The van der Waals surface area contributed by atoms with Gasteiger partial charge in [-0.15, -0.1) is 0 Å². The summed E-state index contributed by atoms with van der Waals surface area (Å²) < 4.78 is 137. The van der Waals surface area contributed by atoms with Crippen molar-refractivity contribution < 1.29 is 53.1 Å². The molecule has 7 nitrogen and oxygen atoms in total. The fourth-order valence-electron chi connectivity index (χ4n) is 4.46. The van der Waals surface area contributed by atoms with Gasteiger partial charge in [0.2, 0.25) is 27.7 Å². The number of alkyl halides is 8. The van der Waals surface area contributed by atoms with Crippen LogP contribution in [0.5, 0.6) is 5.88 Å². The number of sulfonamides is 1. The Balaban J connectivity index is 1.91. The third kappa shape index (κ3) is 6.44. The van der Waals surface area contributed by atoms with Gasteiger partial charge in [-0.05, 0) is 44.7 Å². The summed E-state index contributed by atoms with van der Waals surface area (Å²) >= 11 is 0. The number of ether oxygens (including phenoxy) is 1. The van der Waals surface area contributed by atoms with Crippen molar-refractivity contribution >= 4 is 15.9 Å². The average molecular weight is 567 g/mol. The van der Waals surface area contributed by atoms with Gasteiger partial charge in [-0.3, -0.25) is 4.79 Å². The van der Waals surface area contributed by atoms with E-state index in [1.54, 1.807) is 0 Å². The SMILES string of the molecule is Cc1ccc(S(=O)(=O)N2CCC[C@H]2C(=O)N(C)C2CCC(F)(F)CC2)c(OC(C(F)(F)F)C(F)(F)F)n1. The van der Waals surface area contributed by atoms with Crippen molar-refractivity contribution in [2.75, 3.05) is 13.6 Å². The lowest BCUT2D eigenvalue weighted by Crippen LogP contribution is -2.51. The van der Waals surface area contributed by atoms with Crippen molar-refractivity contribution in [3.8, 4) is 5.88 Å². The minimum Gasteiger partial charge on any atom is -0.454 e. The standard InChI is InChI=1S/C21H25F8N3O4S/c1-12-5-6-15(16(30-12)36-18(20(24,25)26)21(27,28)29)37(34,35)32-11-3-4-14(32)17(33)31(2)13-7-9-19(22,23)10-8-13/h5-6,13-14,18H,3-4,7-11H2,1-2H3/t14-/m0/s1. The molecule has 2 fully saturated rings. The van der Waals surface area contributed by atoms with E-state index in [1.165, 1.54) is 18.9 Å². The molecule has 0 bridgehead atoms. The molecule has 2 heterocycles. The van der Waals surface area contributed by atoms with Crippen LogP contribution in [0.2, 0.25) is 0 Å². The Morgan fingerprint density at radius 1 is 1.11 bits per heavy atom. The Morgan fingerprint density at radius 3 is 2.22 bits per heavy atom. The molecule has 0 aromatic carbocycles. The number of halogens is 8. The van der Waals surface area contributed by atoms with Gasteiger partial charge in [-0.2, -0.15) is 30.6 Å². The Bertz CT molecular complexity index is 1090. The second-order valence-electron chi connectivity index (χ2n) is 9.15. The van der Waals surface area contributed by atoms with Crippen LogP contribution in [0.1, 0.15) is 44.2 Å². The Labute approximate surface area is 207 Å². The number of carbonyl (C=O) groups is 1. The Morgan fingerprint density at radius 2 is 1.68 bits per heavy atom. The first kappa shape index (κ1) is 29.3. The highest BCUT2D eigenvalue weighted by Crippen LogP contribution is 2.40. The van der Waals surface area contributed by atoms with Crippen LogP contribution in [-0.4, -0.2) is 78.6 Å². The van der Waals surface area contributed by atoms with Crippen LogP contribution in [0.15, 0.2) is 17.0 Å². The first-order chi connectivity index (χ1) is 16.8. The maximum Gasteiger partial charge on any atom is 0.434 e. The van der Waals surface area contributed by atoms with Crippen molar-refractivity contribution in [3.05, 3.63) is 17.8 Å². The van der Waals surface area contributed by atoms with Gasteiger partial charge >= 0.3 is 12.4 Å². The molecule has 37 heavy (non-hydrogen) atoms. The Kier molecular flexibility index (Phi) is 8.05. The van der Waals surface area contributed by atoms with Gasteiger partial charge in [-0.1, -0.05) is 0 Å². The molecule has 0 radical (unpaired) electrons. The molecular formula is C21H25F8N3O4S. The molecule has 1 aliphatic carbocycles. The first-order valence-corrected chi connectivity index (χ1v) is 12.7. The minimum atomic E-state index is -5.92. The monoisotopic (exact) mass is 567 g/mol. The predicted octanol–water partition coefficient (Wildman–Crippen LogP) is 4.45. The molecule has 2 aliphatic rings. The third-order valence-electron chi connectivity index (χ3n) is 6.45. The molecule has 1 aliphatic heterocycles. The van der Waals surface area contributed by atoms with E-state index in [9.17, 15) is 48.3 Å². The summed E-state index contributed by atoms with van der Waals surface area (Å²) in [5, 5.41) is 0. The van der Waals surface area contributed by atoms with Gasteiger partial charge in [-0.25, -0.2) is 22.2 Å². The number of amides is 1. The van der Waals surface area contributed by atoms with E-state index in [2.05, 4.69) is 9.72 Å². The van der Waals surface area contributed by atoms with Crippen molar-refractivity contribution in [1.29, 1.82) is 0 Å². The summed E-state index contributed by atoms with van der Waals surface area (Å²) in [7, 11) is -3.51. The first-order valence-electron chi connectivity index (χ1n) is 11.3. The number of aryl methyl sites for hydroxylation is 1. The molecule has 3 rings (SSSR count). The van der Waals surface area contributed by atoms with Crippen LogP contribution in [0.3, 0.4) is 0 Å². The van der Waals surface area contributed by atoms with Crippen LogP contribution in [-0.2, 0) is 14.8 Å². The van der Waals surface area contributed by atoms with E-state index in [0.29, 0.717) is 4.31 Å². The van der Waals surface area contributed by atoms with Crippen LogP contribution in [0.4, 0.5) is 35.1 Å². The number of pyridine rings is 1. The summed E-state index contributed by atoms with van der Waals surface area (Å²) in [6.07, 6.45) is -16.9. The van der Waals surface area contributed by atoms with Crippen molar-refractivity contribution in [2.45, 2.75) is 86.8 Å². The van der Waals surface area contributed by atoms with Crippen LogP contribution < -0.4 is 4.74 Å². The van der Waals surface area contributed by atoms with E-state index in [0.717, 1.165) is 12.1 Å². The van der Waals surface area contributed by atoms with E-state index < -0.39 is 76.0 Å². The fourth-order valence-corrected chi connectivity index (χ4v) is 6.17. The van der Waals surface area contributed by atoms with Crippen LogP contribution in [0.25, 0.3) is 0 Å². The van der Waals surface area contributed by atoms with Crippen LogP contribution in [0, 0.1) is 6.92 Å². The average Bonchev–Trinajstić information content (AvgIpc) is 3.26. The predicted molar refractivity (Wildman–Crippen MR) is 112 cm³/mol. The highest BCUT2D eigenvalue weighted by Gasteiger charge is 2.60. The van der Waals surface area contributed by atoms with E-state index in [4.69, 9.17) is 0 Å². The zero-order valence-corrected chi connectivity index (χ0v) is 20.6. The molecule has 0 N–H and O–H groups in total. The molecule has 1 aromatic heterocycles. The van der Waals surface area contributed by atoms with Gasteiger partial charge in [0, 0.05) is 38.2 Å². The zero-order valence-electron chi connectivity index (χ0n) is 19.7. The van der Waals surface area contributed by atoms with Gasteiger partial charge in [0.05, 0.1) is 0 Å². The maximum atomic E-state index is 13.5. The van der Waals surface area contributed by atoms with Gasteiger partial charge in [0.15, 0.2) is 0 Å². The number of nitrogens with zero attached hydrogens (tertiary/aromatic N) is 3. The fraction of sp³-hybridized carbons (Fsp3) is 0.714. The summed E-state index contributed by atoms with van der Waals surface area (Å²) in [5.74, 6) is -4.97. The van der Waals surface area contributed by atoms with E-state index in [1.807, 2.05) is 0 Å². The van der Waals surface area contributed by atoms with Crippen molar-refractivity contribution in [3.63, 3.8) is 0 Å². The largest absolute Gasteiger partial charge is 0.454 e. The topological polar surface area (TPSA) is 79.8 Å². The summed E-state index contributed by atoms with van der Waals surface area (Å²) in [6.45, 7) is 0.967. The zero-order chi connectivity index (χ0) is 28.0. The summed E-state index contributed by atoms with van der Waals surface area (Å²) in [5.41, 5.74) is -0.111. The number of hydrogen-bond donors (Lipinski definition) is 0. The molecule has 1 saturated carbocycles. The minimum absolute atomic E-state index is 0.00907. The highest BCUT2D eigenvalue weighted by molar-refractivity contribution is 7.89. The molecule has 1 atom stereocenters. The van der Waals surface area contributed by atoms with Gasteiger partial charge in [0.25, 0.3) is 6.10 Å². The summed E-state index contributed by atoms with van der Waals surface area (Å²) in [4.78, 5) is 16.8. The lowest BCUT2D eigenvalue weighted by Gasteiger charge is -2.37. The molecule has 16 heteroatoms. The number of carbonyl (C=O) groups excluding carboxylic acids is 1. The smallest absolute Gasteiger partial charge is 0.434 e. The normalized spacial score (nSPS) is 21.9. The van der Waals surface area contributed by atoms with Gasteiger partial charge in [0.1, 0.15) is 10.9 Å². The summed E-state index contributed by atoms with van der Waals surface area (Å²) in [6, 6.07) is -0.0648. The lowest BCUT2D eigenvalue weighted by atomic mass is 9.91. The number of aromatic nitrogens is 1. The van der Waals surface area contributed by atoms with Gasteiger partial charge < -0.3 is 9.64 Å². The van der Waals surface area contributed by atoms with E-state index >= 15 is 0 Å². The van der Waals surface area contributed by atoms with E-state index in [-0.39, 0.29) is 37.9 Å². The second-order valence-corrected chi connectivity index (χ2v) is 11.0. The maximum absolute atomic E-state index is 13.5. The van der Waals surface area contributed by atoms with Crippen LogP contribution >= 0.6 is 0 Å². The molecule has 1 amide bonds. The van der Waals surface area contributed by atoms with Crippen molar-refractivity contribution in [1.82, 2.24) is 14.2 Å². The number of likely N-dealkylation sites (N-methyl/N-ethyl adjacent to an activating group) is 1. The molecule has 1 aromatic rings. The molecule has 0 spiro atoms. The molecule has 0 unspecified atom stereocenters. The molecule has 210 valence electrons. The number of rotatable bonds is 6. The highest BCUT2D eigenvalue weighted by atomic mass is 32.2. The number of hydrogen-bond acceptors (Lipinski definition) is 5. The second kappa shape index (κ2) is 10.2. The van der Waals surface area contributed by atoms with Crippen molar-refractivity contribution in [2.24, 2.45) is 0 Å².